The lowest BCUT2D eigenvalue weighted by Crippen LogP contribution is -2.14. The Morgan fingerprint density at radius 3 is 2.52 bits per heavy atom. The number of amides is 1. The van der Waals surface area contributed by atoms with Gasteiger partial charge >= 0.3 is 0 Å². The molecule has 1 amide bonds. The fourth-order valence-corrected chi connectivity index (χ4v) is 1.69. The number of hydrogen-bond acceptors (Lipinski definition) is 3. The second kappa shape index (κ2) is 5.74. The Bertz CT molecular complexity index is 705. The van der Waals surface area contributed by atoms with Crippen molar-refractivity contribution in [2.24, 2.45) is 0 Å². The van der Waals surface area contributed by atoms with Crippen LogP contribution in [0.25, 0.3) is 0 Å². The Balaban J connectivity index is 2.30. The Kier molecular flexibility index (Phi) is 4.02. The lowest BCUT2D eigenvalue weighted by Gasteiger charge is -2.09. The third-order valence-corrected chi connectivity index (χ3v) is 2.71. The molecule has 21 heavy (non-hydrogen) atoms. The molecule has 0 saturated carbocycles. The van der Waals surface area contributed by atoms with E-state index < -0.39 is 29.0 Å². The third kappa shape index (κ3) is 3.07. The number of carbonyl (C=O) groups is 1. The van der Waals surface area contributed by atoms with Crippen molar-refractivity contribution in [2.75, 3.05) is 18.2 Å². The van der Waals surface area contributed by atoms with Crippen molar-refractivity contribution >= 4 is 17.3 Å². The number of hydrogen-bond donors (Lipinski definition) is 2. The maximum Gasteiger partial charge on any atom is 0.255 e. The van der Waals surface area contributed by atoms with E-state index in [0.29, 0.717) is 11.8 Å². The standard InChI is InChI=1S/C14H11F3N2O2/c1-21-9-5-7(4-8(18)6-9)14(20)19-11-3-2-10(15)12(16)13(11)17/h2-6H,18H2,1H3,(H,19,20). The van der Waals surface area contributed by atoms with Crippen LogP contribution in [-0.4, -0.2) is 13.0 Å². The zero-order chi connectivity index (χ0) is 15.6. The summed E-state index contributed by atoms with van der Waals surface area (Å²) in [7, 11) is 1.39. The molecule has 2 aromatic carbocycles. The van der Waals surface area contributed by atoms with Gasteiger partial charge in [0.25, 0.3) is 5.91 Å². The minimum absolute atomic E-state index is 0.0935. The molecule has 0 atom stereocenters. The molecule has 7 heteroatoms. The average molecular weight is 296 g/mol. The highest BCUT2D eigenvalue weighted by Gasteiger charge is 2.16. The zero-order valence-corrected chi connectivity index (χ0v) is 10.9. The molecule has 0 aliphatic rings. The van der Waals surface area contributed by atoms with Crippen LogP contribution < -0.4 is 15.8 Å². The minimum Gasteiger partial charge on any atom is -0.497 e. The summed E-state index contributed by atoms with van der Waals surface area (Å²) in [5.74, 6) is -4.86. The predicted octanol–water partition coefficient (Wildman–Crippen LogP) is 2.95. The Hall–Kier alpha value is -2.70. The molecule has 0 fully saturated rings. The van der Waals surface area contributed by atoms with Gasteiger partial charge < -0.3 is 15.8 Å². The second-order valence-electron chi connectivity index (χ2n) is 4.17. The molecule has 2 aromatic rings. The molecule has 2 rings (SSSR count). The molecule has 0 spiro atoms. The highest BCUT2D eigenvalue weighted by atomic mass is 19.2. The SMILES string of the molecule is COc1cc(N)cc(C(=O)Nc2ccc(F)c(F)c2F)c1. The van der Waals surface area contributed by atoms with Crippen LogP contribution in [0.5, 0.6) is 5.75 Å². The van der Waals surface area contributed by atoms with Crippen LogP contribution in [0.2, 0.25) is 0 Å². The summed E-state index contributed by atoms with van der Waals surface area (Å²) in [5.41, 5.74) is 5.49. The summed E-state index contributed by atoms with van der Waals surface area (Å²) >= 11 is 0. The Labute approximate surface area is 118 Å². The average Bonchev–Trinajstić information content (AvgIpc) is 2.47. The third-order valence-electron chi connectivity index (χ3n) is 2.71. The van der Waals surface area contributed by atoms with Crippen molar-refractivity contribution in [3.63, 3.8) is 0 Å². The van der Waals surface area contributed by atoms with Crippen molar-refractivity contribution in [2.45, 2.75) is 0 Å². The van der Waals surface area contributed by atoms with Crippen molar-refractivity contribution in [1.29, 1.82) is 0 Å². The van der Waals surface area contributed by atoms with Gasteiger partial charge in [0.2, 0.25) is 0 Å². The zero-order valence-electron chi connectivity index (χ0n) is 10.9. The first-order valence-corrected chi connectivity index (χ1v) is 5.81. The maximum absolute atomic E-state index is 13.5. The number of benzene rings is 2. The second-order valence-corrected chi connectivity index (χ2v) is 4.17. The van der Waals surface area contributed by atoms with E-state index in [1.165, 1.54) is 25.3 Å². The topological polar surface area (TPSA) is 64.3 Å². The quantitative estimate of drug-likeness (QED) is 0.676. The molecule has 3 N–H and O–H groups in total. The summed E-state index contributed by atoms with van der Waals surface area (Å²) < 4.78 is 44.3. The number of nitrogen functional groups attached to an aromatic ring is 1. The van der Waals surface area contributed by atoms with Crippen LogP contribution in [0.3, 0.4) is 0 Å². The van der Waals surface area contributed by atoms with E-state index in [4.69, 9.17) is 10.5 Å². The molecule has 0 aliphatic carbocycles. The van der Waals surface area contributed by atoms with Gasteiger partial charge in [-0.2, -0.15) is 0 Å². The summed E-state index contributed by atoms with van der Waals surface area (Å²) in [6.45, 7) is 0. The largest absolute Gasteiger partial charge is 0.497 e. The summed E-state index contributed by atoms with van der Waals surface area (Å²) in [5, 5.41) is 2.14. The summed E-state index contributed by atoms with van der Waals surface area (Å²) in [4.78, 5) is 12.0. The van der Waals surface area contributed by atoms with E-state index in [2.05, 4.69) is 5.32 Å². The van der Waals surface area contributed by atoms with Crippen molar-refractivity contribution in [3.8, 4) is 5.75 Å². The molecular formula is C14H11F3N2O2. The predicted molar refractivity (Wildman–Crippen MR) is 71.7 cm³/mol. The van der Waals surface area contributed by atoms with Crippen molar-refractivity contribution in [3.05, 3.63) is 53.3 Å². The highest BCUT2D eigenvalue weighted by molar-refractivity contribution is 6.05. The molecule has 0 radical (unpaired) electrons. The first-order chi connectivity index (χ1) is 9.92. The molecule has 4 nitrogen and oxygen atoms in total. The lowest BCUT2D eigenvalue weighted by molar-refractivity contribution is 0.102. The van der Waals surface area contributed by atoms with Gasteiger partial charge in [0.05, 0.1) is 12.8 Å². The van der Waals surface area contributed by atoms with Gasteiger partial charge in [0, 0.05) is 17.3 Å². The molecular weight excluding hydrogens is 285 g/mol. The van der Waals surface area contributed by atoms with Crippen LogP contribution in [-0.2, 0) is 0 Å². The molecule has 0 aliphatic heterocycles. The van der Waals surface area contributed by atoms with Crippen molar-refractivity contribution < 1.29 is 22.7 Å². The molecule has 110 valence electrons. The van der Waals surface area contributed by atoms with E-state index in [1.807, 2.05) is 0 Å². The molecule has 0 aromatic heterocycles. The minimum atomic E-state index is -1.65. The van der Waals surface area contributed by atoms with Crippen LogP contribution in [0.4, 0.5) is 24.5 Å². The number of rotatable bonds is 3. The first kappa shape index (κ1) is 14.7. The van der Waals surface area contributed by atoms with E-state index in [-0.39, 0.29) is 11.3 Å². The van der Waals surface area contributed by atoms with Crippen LogP contribution in [0, 0.1) is 17.5 Å². The Morgan fingerprint density at radius 1 is 1.14 bits per heavy atom. The number of ether oxygens (including phenoxy) is 1. The number of anilines is 2. The molecule has 0 heterocycles. The van der Waals surface area contributed by atoms with Gasteiger partial charge in [-0.05, 0) is 24.3 Å². The summed E-state index contributed by atoms with van der Waals surface area (Å²) in [6, 6.07) is 5.86. The van der Waals surface area contributed by atoms with E-state index in [1.54, 1.807) is 0 Å². The Morgan fingerprint density at radius 2 is 1.86 bits per heavy atom. The summed E-state index contributed by atoms with van der Waals surface area (Å²) in [6.07, 6.45) is 0. The van der Waals surface area contributed by atoms with Crippen LogP contribution in [0.15, 0.2) is 30.3 Å². The van der Waals surface area contributed by atoms with Gasteiger partial charge in [0.15, 0.2) is 17.5 Å². The lowest BCUT2D eigenvalue weighted by atomic mass is 10.1. The van der Waals surface area contributed by atoms with Gasteiger partial charge in [-0.3, -0.25) is 4.79 Å². The number of nitrogens with one attached hydrogen (secondary N) is 1. The highest BCUT2D eigenvalue weighted by Crippen LogP contribution is 2.22. The molecule has 0 bridgehead atoms. The molecule has 0 unspecified atom stereocenters. The number of carbonyl (C=O) groups excluding carboxylic acids is 1. The van der Waals surface area contributed by atoms with Gasteiger partial charge in [0.1, 0.15) is 5.75 Å². The fourth-order valence-electron chi connectivity index (χ4n) is 1.69. The number of halogens is 3. The number of methoxy groups -OCH3 is 1. The van der Waals surface area contributed by atoms with E-state index >= 15 is 0 Å². The van der Waals surface area contributed by atoms with E-state index in [9.17, 15) is 18.0 Å². The first-order valence-electron chi connectivity index (χ1n) is 5.81. The fraction of sp³-hybridized carbons (Fsp3) is 0.0714. The van der Waals surface area contributed by atoms with Gasteiger partial charge in [-0.25, -0.2) is 13.2 Å². The molecule has 0 saturated heterocycles. The monoisotopic (exact) mass is 296 g/mol. The number of nitrogens with two attached hydrogens (primary N) is 1. The van der Waals surface area contributed by atoms with Gasteiger partial charge in [-0.15, -0.1) is 0 Å². The van der Waals surface area contributed by atoms with Gasteiger partial charge in [-0.1, -0.05) is 0 Å². The van der Waals surface area contributed by atoms with Crippen LogP contribution >= 0.6 is 0 Å². The maximum atomic E-state index is 13.5. The van der Waals surface area contributed by atoms with Crippen molar-refractivity contribution in [1.82, 2.24) is 0 Å². The van der Waals surface area contributed by atoms with Crippen LogP contribution in [0.1, 0.15) is 10.4 Å². The van der Waals surface area contributed by atoms with E-state index in [0.717, 1.165) is 6.07 Å². The smallest absolute Gasteiger partial charge is 0.255 e. The normalized spacial score (nSPS) is 10.3.